The molecule has 2 aromatic rings. The second kappa shape index (κ2) is 7.50. The van der Waals surface area contributed by atoms with Gasteiger partial charge in [0.05, 0.1) is 24.4 Å². The first-order valence-electron chi connectivity index (χ1n) is 10.2. The molecule has 2 bridgehead atoms. The van der Waals surface area contributed by atoms with Crippen molar-refractivity contribution in [2.45, 2.75) is 51.0 Å². The number of nitrogens with zero attached hydrogens (tertiary/aromatic N) is 5. The van der Waals surface area contributed by atoms with Gasteiger partial charge in [-0.05, 0) is 32.3 Å². The summed E-state index contributed by atoms with van der Waals surface area (Å²) in [6.07, 6.45) is 4.91. The molecule has 0 aromatic carbocycles. The molecule has 0 saturated carbocycles. The zero-order valence-corrected chi connectivity index (χ0v) is 16.7. The Morgan fingerprint density at radius 3 is 2.80 bits per heavy atom. The Labute approximate surface area is 173 Å². The molecule has 5 rings (SSSR count). The number of morpholine rings is 1. The van der Waals surface area contributed by atoms with Gasteiger partial charge in [-0.15, -0.1) is 0 Å². The monoisotopic (exact) mass is 418 g/mol. The number of rotatable bonds is 5. The van der Waals surface area contributed by atoms with E-state index in [2.05, 4.69) is 26.4 Å². The number of nitrogen functional groups attached to an aromatic ring is 1. The van der Waals surface area contributed by atoms with Gasteiger partial charge in [-0.1, -0.05) is 0 Å². The van der Waals surface area contributed by atoms with Gasteiger partial charge >= 0.3 is 6.61 Å². The molecule has 3 fully saturated rings. The molecule has 0 radical (unpaired) electrons. The van der Waals surface area contributed by atoms with Gasteiger partial charge in [-0.2, -0.15) is 13.8 Å². The van der Waals surface area contributed by atoms with E-state index >= 15 is 0 Å². The third-order valence-corrected chi connectivity index (χ3v) is 6.10. The lowest BCUT2D eigenvalue weighted by Crippen LogP contribution is -2.38. The van der Waals surface area contributed by atoms with Crippen LogP contribution in [0.3, 0.4) is 0 Å². The maximum absolute atomic E-state index is 12.7. The smallest absolute Gasteiger partial charge is 0.387 e. The molecular weight excluding hydrogens is 394 g/mol. The molecular formula is C20H24F2N6O2. The molecule has 3 aliphatic heterocycles. The van der Waals surface area contributed by atoms with Crippen LogP contribution in [0.2, 0.25) is 0 Å². The number of aromatic nitrogens is 3. The standard InChI is InChI=1S/C20H24F2N6O2/c1-11-3-2-4-27(11)20-25-15(12-5-16(30-19(21)22)18(23)24-8-12)7-17(26-20)28-9-14-6-13(28)10-29-14/h5,7-8,11,13-14,19H,2-4,6,9-10H2,1H3,(H2,23,24)/t11-,13+,14+/m1/s1. The van der Waals surface area contributed by atoms with Crippen molar-refractivity contribution >= 4 is 17.6 Å². The Morgan fingerprint density at radius 2 is 2.13 bits per heavy atom. The first kappa shape index (κ1) is 19.2. The van der Waals surface area contributed by atoms with Gasteiger partial charge in [0.1, 0.15) is 5.82 Å². The first-order valence-corrected chi connectivity index (χ1v) is 10.2. The molecule has 0 aliphatic carbocycles. The summed E-state index contributed by atoms with van der Waals surface area (Å²) >= 11 is 0. The molecule has 2 N–H and O–H groups in total. The molecule has 0 spiro atoms. The van der Waals surface area contributed by atoms with E-state index in [0.29, 0.717) is 35.9 Å². The van der Waals surface area contributed by atoms with E-state index in [1.54, 1.807) is 0 Å². The quantitative estimate of drug-likeness (QED) is 0.793. The lowest BCUT2D eigenvalue weighted by atomic mass is 10.2. The van der Waals surface area contributed by atoms with Crippen molar-refractivity contribution in [2.24, 2.45) is 0 Å². The molecule has 0 unspecified atom stereocenters. The van der Waals surface area contributed by atoms with Crippen molar-refractivity contribution in [3.05, 3.63) is 18.3 Å². The maximum Gasteiger partial charge on any atom is 0.387 e. The summed E-state index contributed by atoms with van der Waals surface area (Å²) in [5, 5.41) is 0. The van der Waals surface area contributed by atoms with Gasteiger partial charge in [0.15, 0.2) is 11.6 Å². The van der Waals surface area contributed by atoms with Gasteiger partial charge < -0.3 is 25.0 Å². The summed E-state index contributed by atoms with van der Waals surface area (Å²) in [6.45, 7) is 1.55. The van der Waals surface area contributed by atoms with Gasteiger partial charge in [-0.25, -0.2) is 9.97 Å². The highest BCUT2D eigenvalue weighted by Gasteiger charge is 2.40. The summed E-state index contributed by atoms with van der Waals surface area (Å²) < 4.78 is 35.7. The van der Waals surface area contributed by atoms with Gasteiger partial charge in [0.25, 0.3) is 0 Å². The highest BCUT2D eigenvalue weighted by Crippen LogP contribution is 2.36. The largest absolute Gasteiger partial charge is 0.431 e. The number of ether oxygens (including phenoxy) is 2. The van der Waals surface area contributed by atoms with E-state index in [9.17, 15) is 8.78 Å². The Bertz CT molecular complexity index is 946. The number of hydrogen-bond donors (Lipinski definition) is 1. The lowest BCUT2D eigenvalue weighted by molar-refractivity contribution is -0.0494. The average Bonchev–Trinajstić information content (AvgIpc) is 3.46. The van der Waals surface area contributed by atoms with E-state index in [1.165, 1.54) is 12.3 Å². The molecule has 2 aromatic heterocycles. The third kappa shape index (κ3) is 3.49. The highest BCUT2D eigenvalue weighted by atomic mass is 19.3. The number of fused-ring (bicyclic) bond motifs is 2. The lowest BCUT2D eigenvalue weighted by Gasteiger charge is -2.30. The Morgan fingerprint density at radius 1 is 1.27 bits per heavy atom. The molecule has 5 heterocycles. The van der Waals surface area contributed by atoms with Crippen LogP contribution in [0.5, 0.6) is 5.75 Å². The number of alkyl halides is 2. The Kier molecular flexibility index (Phi) is 4.80. The van der Waals surface area contributed by atoms with E-state index in [4.69, 9.17) is 20.4 Å². The molecule has 3 aliphatic rings. The number of anilines is 3. The van der Waals surface area contributed by atoms with E-state index in [-0.39, 0.29) is 17.7 Å². The second-order valence-electron chi connectivity index (χ2n) is 8.08. The van der Waals surface area contributed by atoms with Crippen molar-refractivity contribution in [1.29, 1.82) is 0 Å². The van der Waals surface area contributed by atoms with E-state index < -0.39 is 6.61 Å². The van der Waals surface area contributed by atoms with Crippen LogP contribution in [0.4, 0.5) is 26.4 Å². The van der Waals surface area contributed by atoms with Crippen molar-refractivity contribution in [3.8, 4) is 17.0 Å². The van der Waals surface area contributed by atoms with Crippen LogP contribution in [-0.2, 0) is 4.74 Å². The van der Waals surface area contributed by atoms with Crippen LogP contribution in [0.25, 0.3) is 11.3 Å². The minimum atomic E-state index is -2.98. The van der Waals surface area contributed by atoms with E-state index in [0.717, 1.165) is 38.2 Å². The number of hydrogen-bond acceptors (Lipinski definition) is 8. The fourth-order valence-corrected chi connectivity index (χ4v) is 4.54. The molecule has 3 saturated heterocycles. The summed E-state index contributed by atoms with van der Waals surface area (Å²) in [6, 6.07) is 3.97. The fourth-order valence-electron chi connectivity index (χ4n) is 4.54. The summed E-state index contributed by atoms with van der Waals surface area (Å²) in [5.41, 5.74) is 6.86. The molecule has 30 heavy (non-hydrogen) atoms. The molecule has 3 atom stereocenters. The van der Waals surface area contributed by atoms with E-state index in [1.807, 2.05) is 6.07 Å². The average molecular weight is 418 g/mol. The van der Waals surface area contributed by atoms with Gasteiger partial charge in [0, 0.05) is 37.0 Å². The van der Waals surface area contributed by atoms with Crippen molar-refractivity contribution < 1.29 is 18.3 Å². The van der Waals surface area contributed by atoms with Gasteiger partial charge in [-0.3, -0.25) is 0 Å². The number of pyridine rings is 1. The van der Waals surface area contributed by atoms with Crippen LogP contribution < -0.4 is 20.3 Å². The first-order chi connectivity index (χ1) is 14.5. The van der Waals surface area contributed by atoms with Crippen LogP contribution in [0, 0.1) is 0 Å². The fraction of sp³-hybridized carbons (Fsp3) is 0.550. The van der Waals surface area contributed by atoms with Crippen LogP contribution in [-0.4, -0.2) is 59.4 Å². The number of nitrogens with two attached hydrogens (primary N) is 1. The zero-order valence-electron chi connectivity index (χ0n) is 16.7. The summed E-state index contributed by atoms with van der Waals surface area (Å²) in [5.74, 6) is 1.21. The highest BCUT2D eigenvalue weighted by molar-refractivity contribution is 5.68. The number of halogens is 2. The zero-order chi connectivity index (χ0) is 20.8. The third-order valence-electron chi connectivity index (χ3n) is 6.10. The Hall–Kier alpha value is -2.75. The summed E-state index contributed by atoms with van der Waals surface area (Å²) in [4.78, 5) is 18.1. The van der Waals surface area contributed by atoms with Crippen molar-refractivity contribution in [3.63, 3.8) is 0 Å². The SMILES string of the molecule is C[C@@H]1CCCN1c1nc(-c2cnc(N)c(OC(F)F)c2)cc(N2C[C@@H]3C[C@H]2CO3)n1. The predicted molar refractivity (Wildman–Crippen MR) is 108 cm³/mol. The van der Waals surface area contributed by atoms with Crippen LogP contribution >= 0.6 is 0 Å². The predicted octanol–water partition coefficient (Wildman–Crippen LogP) is 2.69. The van der Waals surface area contributed by atoms with Crippen molar-refractivity contribution in [2.75, 3.05) is 35.2 Å². The summed E-state index contributed by atoms with van der Waals surface area (Å²) in [7, 11) is 0. The molecule has 0 amide bonds. The minimum absolute atomic E-state index is 0.0873. The molecule has 10 heteroatoms. The second-order valence-corrected chi connectivity index (χ2v) is 8.08. The maximum atomic E-state index is 12.7. The topological polar surface area (TPSA) is 89.6 Å². The Balaban J connectivity index is 1.56. The minimum Gasteiger partial charge on any atom is -0.431 e. The van der Waals surface area contributed by atoms with Crippen LogP contribution in [0.15, 0.2) is 18.3 Å². The molecule has 8 nitrogen and oxygen atoms in total. The molecule has 160 valence electrons. The van der Waals surface area contributed by atoms with Crippen molar-refractivity contribution in [1.82, 2.24) is 15.0 Å². The normalized spacial score (nSPS) is 25.5. The van der Waals surface area contributed by atoms with Gasteiger partial charge in [0.2, 0.25) is 5.95 Å². The van der Waals surface area contributed by atoms with Crippen LogP contribution in [0.1, 0.15) is 26.2 Å².